The maximum atomic E-state index is 15.6. The van der Waals surface area contributed by atoms with E-state index < -0.39 is 57.4 Å². The highest BCUT2D eigenvalue weighted by Gasteiger charge is 2.80. The number of urea groups is 1. The first-order chi connectivity index (χ1) is 30.7. The van der Waals surface area contributed by atoms with E-state index in [1.165, 1.54) is 21.1 Å². The molecule has 3 aromatic rings. The number of likely N-dealkylation sites (N-methyl/N-ethyl adjacent to an activating group) is 1. The molecule has 15 nitrogen and oxygen atoms in total. The average molecular weight is 881 g/mol. The number of piperidine rings is 1. The summed E-state index contributed by atoms with van der Waals surface area (Å²) in [4.78, 5) is 67.0. The largest absolute Gasteiger partial charge is 0.496 e. The van der Waals surface area contributed by atoms with Crippen LogP contribution in [0, 0.1) is 11.3 Å². The summed E-state index contributed by atoms with van der Waals surface area (Å²) < 4.78 is 24.1. The van der Waals surface area contributed by atoms with E-state index in [4.69, 9.17) is 18.9 Å². The molecule has 2 aromatic carbocycles. The van der Waals surface area contributed by atoms with Crippen LogP contribution in [0.15, 0.2) is 48.6 Å². The minimum atomic E-state index is -2.32. The zero-order valence-electron chi connectivity index (χ0n) is 38.5. The van der Waals surface area contributed by atoms with Gasteiger partial charge < -0.3 is 49.5 Å². The third-order valence-electron chi connectivity index (χ3n) is 16.4. The normalized spacial score (nSPS) is 34.8. The number of benzene rings is 2. The van der Waals surface area contributed by atoms with Crippen molar-refractivity contribution in [3.05, 3.63) is 70.9 Å². The number of hydrogen-bond donors (Lipinski definition) is 4. The number of carbonyl (C=O) groups is 4. The maximum Gasteiger partial charge on any atom is 0.344 e. The molecule has 2 bridgehead atoms. The highest BCUT2D eigenvalue weighted by atomic mass is 16.6. The van der Waals surface area contributed by atoms with Crippen LogP contribution in [0.3, 0.4) is 0 Å². The summed E-state index contributed by atoms with van der Waals surface area (Å²) >= 11 is 0. The summed E-state index contributed by atoms with van der Waals surface area (Å²) in [6, 6.07) is 10.7. The van der Waals surface area contributed by atoms with Crippen LogP contribution in [0.2, 0.25) is 0 Å². The predicted octanol–water partition coefficient (Wildman–Crippen LogP) is 4.32. The molecule has 64 heavy (non-hydrogen) atoms. The zero-order valence-corrected chi connectivity index (χ0v) is 38.5. The molecule has 1 unspecified atom stereocenters. The number of nitrogens with zero attached hydrogens (tertiary/aromatic N) is 3. The van der Waals surface area contributed by atoms with Gasteiger partial charge in [-0.15, -0.1) is 0 Å². The Bertz CT molecular complexity index is 2420. The summed E-state index contributed by atoms with van der Waals surface area (Å²) in [6.45, 7) is 11.2. The van der Waals surface area contributed by atoms with E-state index in [0.29, 0.717) is 89.1 Å². The summed E-state index contributed by atoms with van der Waals surface area (Å²) in [5.74, 6) is -1.59. The Hall–Kier alpha value is -5.12. The van der Waals surface area contributed by atoms with Gasteiger partial charge in [0.1, 0.15) is 11.2 Å². The Labute approximate surface area is 375 Å². The Balaban J connectivity index is 1.33. The number of esters is 3. The maximum absolute atomic E-state index is 15.6. The van der Waals surface area contributed by atoms with E-state index in [1.54, 1.807) is 7.11 Å². The number of aromatic amines is 1. The lowest BCUT2D eigenvalue weighted by Gasteiger charge is -2.63. The Morgan fingerprint density at radius 1 is 0.953 bits per heavy atom. The van der Waals surface area contributed by atoms with Crippen LogP contribution in [0.25, 0.3) is 10.9 Å². The number of hydrogen-bond acceptors (Lipinski definition) is 12. The molecule has 4 N–H and O–H groups in total. The van der Waals surface area contributed by atoms with E-state index in [0.717, 1.165) is 33.4 Å². The number of rotatable bonds is 9. The molecular formula is C49H64N6O9. The first kappa shape index (κ1) is 44.1. The number of methoxy groups -OCH3 is 3. The molecule has 5 aliphatic heterocycles. The topological polar surface area (TPSA) is 175 Å². The van der Waals surface area contributed by atoms with Crippen molar-refractivity contribution < 1.29 is 43.2 Å². The van der Waals surface area contributed by atoms with Gasteiger partial charge >= 0.3 is 23.9 Å². The minimum Gasteiger partial charge on any atom is -0.496 e. The van der Waals surface area contributed by atoms with E-state index in [1.807, 2.05) is 50.1 Å². The fourth-order valence-corrected chi connectivity index (χ4v) is 14.2. The molecule has 6 heterocycles. The molecule has 344 valence electrons. The molecule has 10 atom stereocenters. The number of fused-ring (bicyclic) bond motifs is 6. The Morgan fingerprint density at radius 2 is 1.72 bits per heavy atom. The number of anilines is 1. The van der Waals surface area contributed by atoms with Gasteiger partial charge in [0.15, 0.2) is 6.10 Å². The number of carbonyl (C=O) groups excluding carboxylic acids is 4. The standard InChI is InChI=1S/C49H64N6O9/c1-9-45(52-44(59)50-11-3)25-30-26-48(42(57)62-7,38-32(17-21-54(27-30)28-45)31-15-12-13-16-35(31)51-38)34-23-33-36(24-37(34)61-6)53(5)40-47(33)19-22-55-20-14-18-46(10-2,39(47)55)41(64-29(4)56)49(40,60)43(58)63-8/h12-16,18,23-24,30,39-41,51,60H,9-11,17,19-22,25-28H2,1-8H3,(H2,50,52,59)/t30-,39-,40+,41+,45-,46+,47+,48-,49-/m0/s1. The van der Waals surface area contributed by atoms with Crippen molar-refractivity contribution in [1.29, 1.82) is 0 Å². The number of amides is 2. The highest BCUT2D eigenvalue weighted by Crippen LogP contribution is 2.68. The van der Waals surface area contributed by atoms with Gasteiger partial charge in [0, 0.05) is 97.5 Å². The van der Waals surface area contributed by atoms with E-state index >= 15 is 4.79 Å². The fourth-order valence-electron chi connectivity index (χ4n) is 14.2. The number of ether oxygens (including phenoxy) is 4. The summed E-state index contributed by atoms with van der Waals surface area (Å²) in [6.07, 6.45) is 6.11. The zero-order chi connectivity index (χ0) is 45.6. The minimum absolute atomic E-state index is 0.0968. The van der Waals surface area contributed by atoms with Gasteiger partial charge in [-0.25, -0.2) is 9.59 Å². The molecule has 1 saturated carbocycles. The number of H-pyrrole nitrogens is 1. The van der Waals surface area contributed by atoms with E-state index in [9.17, 15) is 19.5 Å². The van der Waals surface area contributed by atoms with Gasteiger partial charge in [-0.05, 0) is 81.2 Å². The fraction of sp³-hybridized carbons (Fsp3) is 0.592. The lowest BCUT2D eigenvalue weighted by atomic mass is 9.47. The predicted molar refractivity (Wildman–Crippen MR) is 240 cm³/mol. The molecule has 1 aromatic heterocycles. The second-order valence-electron chi connectivity index (χ2n) is 19.2. The lowest BCUT2D eigenvalue weighted by molar-refractivity contribution is -0.228. The van der Waals surface area contributed by atoms with Crippen molar-refractivity contribution in [3.8, 4) is 5.75 Å². The van der Waals surface area contributed by atoms with Gasteiger partial charge in [0.2, 0.25) is 5.60 Å². The van der Waals surface area contributed by atoms with Gasteiger partial charge in [0.25, 0.3) is 0 Å². The second-order valence-corrected chi connectivity index (χ2v) is 19.2. The van der Waals surface area contributed by atoms with Crippen molar-refractivity contribution in [1.82, 2.24) is 25.4 Å². The van der Waals surface area contributed by atoms with E-state index in [-0.39, 0.29) is 18.0 Å². The van der Waals surface area contributed by atoms with Gasteiger partial charge in [0.05, 0.1) is 32.9 Å². The smallest absolute Gasteiger partial charge is 0.344 e. The summed E-state index contributed by atoms with van der Waals surface area (Å²) in [7, 11) is 6.16. The van der Waals surface area contributed by atoms with Crippen LogP contribution in [0.4, 0.5) is 10.5 Å². The third kappa shape index (κ3) is 5.94. The molecule has 0 radical (unpaired) electrons. The van der Waals surface area contributed by atoms with Crippen molar-refractivity contribution in [3.63, 3.8) is 0 Å². The van der Waals surface area contributed by atoms with Crippen LogP contribution in [-0.2, 0) is 45.8 Å². The second kappa shape index (κ2) is 15.8. The first-order valence-electron chi connectivity index (χ1n) is 23.0. The summed E-state index contributed by atoms with van der Waals surface area (Å²) in [5.41, 5.74) is -1.40. The molecule has 9 rings (SSSR count). The Kier molecular flexibility index (Phi) is 10.9. The average Bonchev–Trinajstić information content (AvgIpc) is 3.95. The van der Waals surface area contributed by atoms with Crippen LogP contribution >= 0.6 is 0 Å². The first-order valence-corrected chi connectivity index (χ1v) is 23.0. The van der Waals surface area contributed by atoms with Crippen molar-refractivity contribution >= 4 is 40.5 Å². The molecule has 1 aliphatic carbocycles. The molecule has 2 amide bonds. The molecule has 6 aliphatic rings. The van der Waals surface area contributed by atoms with Gasteiger partial charge in [-0.3, -0.25) is 14.5 Å². The van der Waals surface area contributed by atoms with Crippen molar-refractivity contribution in [2.24, 2.45) is 11.3 Å². The van der Waals surface area contributed by atoms with Crippen LogP contribution in [0.5, 0.6) is 5.75 Å². The van der Waals surface area contributed by atoms with Gasteiger partial charge in [-0.1, -0.05) is 44.2 Å². The highest BCUT2D eigenvalue weighted by molar-refractivity contribution is 5.95. The quantitative estimate of drug-likeness (QED) is 0.137. The van der Waals surface area contributed by atoms with Crippen LogP contribution < -0.4 is 20.3 Å². The number of nitrogens with one attached hydrogen (secondary N) is 3. The van der Waals surface area contributed by atoms with Gasteiger partial charge in [-0.2, -0.15) is 0 Å². The van der Waals surface area contributed by atoms with Crippen LogP contribution in [0.1, 0.15) is 82.2 Å². The van der Waals surface area contributed by atoms with Crippen molar-refractivity contribution in [2.45, 2.75) is 106 Å². The molecular weight excluding hydrogens is 817 g/mol. The lowest BCUT2D eigenvalue weighted by Crippen LogP contribution is -2.81. The Morgan fingerprint density at radius 3 is 2.41 bits per heavy atom. The van der Waals surface area contributed by atoms with Crippen LogP contribution in [-0.4, -0.2) is 141 Å². The molecule has 2 saturated heterocycles. The third-order valence-corrected chi connectivity index (χ3v) is 16.4. The number of para-hydroxylation sites is 1. The van der Waals surface area contributed by atoms with E-state index in [2.05, 4.69) is 56.6 Å². The monoisotopic (exact) mass is 880 g/mol. The number of aromatic nitrogens is 1. The molecule has 1 spiro atoms. The molecule has 3 fully saturated rings. The van der Waals surface area contributed by atoms with Crippen molar-refractivity contribution in [2.75, 3.05) is 72.5 Å². The summed E-state index contributed by atoms with van der Waals surface area (Å²) in [5, 5.41) is 20.7. The number of aliphatic hydroxyl groups is 1. The molecule has 15 heteroatoms. The SMILES string of the molecule is CCNC(=O)N[C@@]1(CC)C[C@@H]2CN(CCc3c([nH]c4ccccc34)[C@@](C(=O)OC)(c3cc4c(cc3OC)N(C)[C@H]3[C@@](O)(C(=O)OC)[C@H](OC(C)=O)[C@]5(CC)C=CCN6CC[C@]43[C@@H]65)C2)C1.